The summed E-state index contributed by atoms with van der Waals surface area (Å²) in [4.78, 5) is 9.60. The van der Waals surface area contributed by atoms with Crippen LogP contribution in [0.3, 0.4) is 0 Å². The molecule has 2 N–H and O–H groups in total. The van der Waals surface area contributed by atoms with Crippen LogP contribution in [0, 0.1) is 0 Å². The van der Waals surface area contributed by atoms with Crippen molar-refractivity contribution in [2.45, 2.75) is 39.5 Å². The highest BCUT2D eigenvalue weighted by atomic mass is 16.4. The van der Waals surface area contributed by atoms with E-state index in [0.29, 0.717) is 6.42 Å². The van der Waals surface area contributed by atoms with Crippen LogP contribution in [0.15, 0.2) is 0 Å². The van der Waals surface area contributed by atoms with Crippen LogP contribution in [0.2, 0.25) is 0 Å². The fourth-order valence-electron chi connectivity index (χ4n) is 0.567. The number of carboxylic acid groups (broad SMARTS) is 1. The maximum atomic E-state index is 9.60. The van der Waals surface area contributed by atoms with Gasteiger partial charge in [-0.15, -0.1) is 0 Å². The van der Waals surface area contributed by atoms with Crippen LogP contribution >= 0.6 is 0 Å². The molecule has 0 aromatic carbocycles. The average molecular weight is 221 g/mol. The van der Waals surface area contributed by atoms with Gasteiger partial charge in [0.2, 0.25) is 0 Å². The molecule has 15 heavy (non-hydrogen) atoms. The molecule has 0 aliphatic rings. The van der Waals surface area contributed by atoms with Crippen LogP contribution in [-0.4, -0.2) is 38.9 Å². The number of nitrogens with one attached hydrogen (secondary N) is 1. The number of rotatable bonds is 5. The van der Waals surface area contributed by atoms with Crippen molar-refractivity contribution in [2.75, 3.05) is 27.8 Å². The number of hydrogen-bond donors (Lipinski definition) is 2. The number of methoxy groups -OCH3 is 1. The number of aliphatic carboxylic acids is 1. The molecule has 0 saturated heterocycles. The molecule has 0 heterocycles. The second-order valence-corrected chi connectivity index (χ2v) is 3.01. The maximum Gasteiger partial charge on any atom is 0.303 e. The monoisotopic (exact) mass is 221 g/mol. The van der Waals surface area contributed by atoms with Crippen LogP contribution in [0.1, 0.15) is 39.5 Å². The Morgan fingerprint density at radius 2 is 1.73 bits per heavy atom. The standard InChI is InChI=1S/C5H13N.C4H8O2.C2H6O/c1-3-4-5-6-2;1-2-3-4(5)6;1-3-2/h6H,3-5H2,1-2H3;2-3H2,1H3,(H,5,6);1-2H3. The Morgan fingerprint density at radius 1 is 1.27 bits per heavy atom. The fourth-order valence-corrected chi connectivity index (χ4v) is 0.567. The van der Waals surface area contributed by atoms with Gasteiger partial charge in [-0.1, -0.05) is 20.3 Å². The largest absolute Gasteiger partial charge is 0.481 e. The Kier molecular flexibility index (Phi) is 30.9. The molecule has 0 rings (SSSR count). The zero-order valence-corrected chi connectivity index (χ0v) is 10.8. The molecule has 0 spiro atoms. The van der Waals surface area contributed by atoms with Crippen molar-refractivity contribution >= 4 is 5.97 Å². The molecular weight excluding hydrogens is 194 g/mol. The Hall–Kier alpha value is -0.610. The lowest BCUT2D eigenvalue weighted by molar-refractivity contribution is -0.137. The minimum atomic E-state index is -0.711. The summed E-state index contributed by atoms with van der Waals surface area (Å²) in [6, 6.07) is 0. The molecular formula is C11H27NO3. The second kappa shape index (κ2) is 23.3. The molecule has 0 unspecified atom stereocenters. The molecule has 4 nitrogen and oxygen atoms in total. The van der Waals surface area contributed by atoms with E-state index in [2.05, 4.69) is 17.0 Å². The number of carboxylic acids is 1. The first-order valence-electron chi connectivity index (χ1n) is 5.37. The predicted octanol–water partition coefficient (Wildman–Crippen LogP) is 2.14. The van der Waals surface area contributed by atoms with Crippen LogP contribution < -0.4 is 5.32 Å². The van der Waals surface area contributed by atoms with E-state index in [-0.39, 0.29) is 0 Å². The molecule has 0 saturated carbocycles. The van der Waals surface area contributed by atoms with Crippen LogP contribution in [0.25, 0.3) is 0 Å². The molecule has 0 fully saturated rings. The topological polar surface area (TPSA) is 58.6 Å². The normalized spacial score (nSPS) is 8.07. The van der Waals surface area contributed by atoms with E-state index in [0.717, 1.165) is 13.0 Å². The van der Waals surface area contributed by atoms with Crippen molar-refractivity contribution in [1.29, 1.82) is 0 Å². The summed E-state index contributed by atoms with van der Waals surface area (Å²) < 4.78 is 4.25. The first kappa shape index (κ1) is 19.9. The lowest BCUT2D eigenvalue weighted by Gasteiger charge is -1.89. The van der Waals surface area contributed by atoms with Gasteiger partial charge in [0.15, 0.2) is 0 Å². The summed E-state index contributed by atoms with van der Waals surface area (Å²) in [6.45, 7) is 5.20. The summed E-state index contributed by atoms with van der Waals surface area (Å²) in [5.41, 5.74) is 0. The van der Waals surface area contributed by atoms with E-state index in [4.69, 9.17) is 5.11 Å². The van der Waals surface area contributed by atoms with E-state index in [1.165, 1.54) is 12.8 Å². The highest BCUT2D eigenvalue weighted by Crippen LogP contribution is 1.82. The van der Waals surface area contributed by atoms with Gasteiger partial charge in [0, 0.05) is 20.6 Å². The molecule has 0 aliphatic heterocycles. The minimum Gasteiger partial charge on any atom is -0.481 e. The molecule has 94 valence electrons. The predicted molar refractivity (Wildman–Crippen MR) is 64.3 cm³/mol. The van der Waals surface area contributed by atoms with Crippen molar-refractivity contribution < 1.29 is 14.6 Å². The lowest BCUT2D eigenvalue weighted by Crippen LogP contribution is -2.06. The van der Waals surface area contributed by atoms with Gasteiger partial charge in [0.05, 0.1) is 0 Å². The molecule has 0 aromatic heterocycles. The SMILES string of the molecule is CCCC(=O)O.CCCCNC.COC. The van der Waals surface area contributed by atoms with Crippen LogP contribution in [0.5, 0.6) is 0 Å². The van der Waals surface area contributed by atoms with Crippen LogP contribution in [-0.2, 0) is 9.53 Å². The zero-order valence-electron chi connectivity index (χ0n) is 10.8. The molecule has 0 atom stereocenters. The highest BCUT2D eigenvalue weighted by Gasteiger charge is 1.87. The Balaban J connectivity index is -0.000000153. The van der Waals surface area contributed by atoms with E-state index < -0.39 is 5.97 Å². The van der Waals surface area contributed by atoms with Gasteiger partial charge in [-0.2, -0.15) is 0 Å². The number of unbranched alkanes of at least 4 members (excludes halogenated alkanes) is 1. The van der Waals surface area contributed by atoms with E-state index >= 15 is 0 Å². The number of carbonyl (C=O) groups is 1. The quantitative estimate of drug-likeness (QED) is 0.698. The van der Waals surface area contributed by atoms with Crippen molar-refractivity contribution in [3.63, 3.8) is 0 Å². The molecule has 0 radical (unpaired) electrons. The zero-order chi connectivity index (χ0) is 12.5. The summed E-state index contributed by atoms with van der Waals surface area (Å²) >= 11 is 0. The Labute approximate surface area is 94.0 Å². The van der Waals surface area contributed by atoms with Gasteiger partial charge >= 0.3 is 5.97 Å². The average Bonchev–Trinajstić information content (AvgIpc) is 2.16. The molecule has 0 aliphatic carbocycles. The van der Waals surface area contributed by atoms with Gasteiger partial charge in [0.1, 0.15) is 0 Å². The fraction of sp³-hybridized carbons (Fsp3) is 0.909. The van der Waals surface area contributed by atoms with Crippen LogP contribution in [0.4, 0.5) is 0 Å². The summed E-state index contributed by atoms with van der Waals surface area (Å²) in [7, 11) is 5.23. The van der Waals surface area contributed by atoms with Gasteiger partial charge in [-0.25, -0.2) is 0 Å². The number of hydrogen-bond acceptors (Lipinski definition) is 3. The van der Waals surface area contributed by atoms with Crippen molar-refractivity contribution in [2.24, 2.45) is 0 Å². The van der Waals surface area contributed by atoms with Crippen molar-refractivity contribution in [3.8, 4) is 0 Å². The minimum absolute atomic E-state index is 0.292. The molecule has 0 amide bonds. The summed E-state index contributed by atoms with van der Waals surface area (Å²) in [5.74, 6) is -0.711. The third-order valence-corrected chi connectivity index (χ3v) is 1.24. The van der Waals surface area contributed by atoms with Crippen molar-refractivity contribution in [1.82, 2.24) is 5.32 Å². The Bertz CT molecular complexity index is 104. The first-order valence-corrected chi connectivity index (χ1v) is 5.37. The second-order valence-electron chi connectivity index (χ2n) is 3.01. The van der Waals surface area contributed by atoms with Crippen molar-refractivity contribution in [3.05, 3.63) is 0 Å². The van der Waals surface area contributed by atoms with Gasteiger partial charge in [-0.05, 0) is 26.4 Å². The lowest BCUT2D eigenvalue weighted by atomic mass is 10.3. The third kappa shape index (κ3) is 59.8. The maximum absolute atomic E-state index is 9.60. The van der Waals surface area contributed by atoms with Gasteiger partial charge < -0.3 is 15.2 Å². The molecule has 0 bridgehead atoms. The molecule has 4 heteroatoms. The Morgan fingerprint density at radius 3 is 1.80 bits per heavy atom. The number of ether oxygens (including phenoxy) is 1. The smallest absolute Gasteiger partial charge is 0.303 e. The van der Waals surface area contributed by atoms with Gasteiger partial charge in [0.25, 0.3) is 0 Å². The summed E-state index contributed by atoms with van der Waals surface area (Å²) in [5, 5.41) is 11.0. The van der Waals surface area contributed by atoms with E-state index in [1.807, 2.05) is 14.0 Å². The van der Waals surface area contributed by atoms with E-state index in [1.54, 1.807) is 14.2 Å². The highest BCUT2D eigenvalue weighted by molar-refractivity contribution is 5.66. The van der Waals surface area contributed by atoms with Gasteiger partial charge in [-0.3, -0.25) is 4.79 Å². The summed E-state index contributed by atoms with van der Waals surface area (Å²) in [6.07, 6.45) is 3.62. The molecule has 0 aromatic rings. The third-order valence-electron chi connectivity index (χ3n) is 1.24. The first-order chi connectivity index (χ1) is 7.10. The van der Waals surface area contributed by atoms with E-state index in [9.17, 15) is 4.79 Å².